The Morgan fingerprint density at radius 1 is 0.963 bits per heavy atom. The molecule has 4 rings (SSSR count). The van der Waals surface area contributed by atoms with Gasteiger partial charge in [0.2, 0.25) is 5.88 Å². The van der Waals surface area contributed by atoms with Gasteiger partial charge in [-0.1, -0.05) is 40.2 Å². The smallest absolute Gasteiger partial charge is 0.260 e. The number of rotatable bonds is 5. The van der Waals surface area contributed by atoms with Crippen molar-refractivity contribution in [1.82, 2.24) is 14.1 Å². The first-order chi connectivity index (χ1) is 13.2. The van der Waals surface area contributed by atoms with Gasteiger partial charge in [-0.15, -0.1) is 0 Å². The largest absolute Gasteiger partial charge is 0.439 e. The Hall–Kier alpha value is -3.12. The molecule has 0 aliphatic heterocycles. The van der Waals surface area contributed by atoms with E-state index in [-0.39, 0.29) is 5.56 Å². The van der Waals surface area contributed by atoms with E-state index >= 15 is 0 Å². The Bertz CT molecular complexity index is 1100. The van der Waals surface area contributed by atoms with Crippen molar-refractivity contribution < 1.29 is 4.74 Å². The van der Waals surface area contributed by atoms with Crippen LogP contribution >= 0.6 is 15.9 Å². The summed E-state index contributed by atoms with van der Waals surface area (Å²) < 4.78 is 10.3. The summed E-state index contributed by atoms with van der Waals surface area (Å²) in [6, 6.07) is 20.8. The molecule has 2 aromatic heterocycles. The minimum absolute atomic E-state index is 0.0630. The number of hydrogen-bond donors (Lipinski definition) is 0. The van der Waals surface area contributed by atoms with Crippen LogP contribution in [0.4, 0.5) is 0 Å². The molecule has 0 radical (unpaired) electrons. The zero-order chi connectivity index (χ0) is 18.6. The van der Waals surface area contributed by atoms with E-state index in [4.69, 9.17) is 4.74 Å². The number of para-hydroxylation sites is 1. The molecule has 27 heavy (non-hydrogen) atoms. The average Bonchev–Trinajstić information content (AvgIpc) is 3.13. The molecule has 0 amide bonds. The highest BCUT2D eigenvalue weighted by atomic mass is 79.9. The Balaban J connectivity index is 1.62. The molecule has 0 aliphatic rings. The maximum atomic E-state index is 12.9. The van der Waals surface area contributed by atoms with Gasteiger partial charge in [0.25, 0.3) is 5.56 Å². The van der Waals surface area contributed by atoms with Crippen LogP contribution in [0.2, 0.25) is 0 Å². The van der Waals surface area contributed by atoms with Crippen molar-refractivity contribution in [3.8, 4) is 17.3 Å². The number of aromatic nitrogens is 3. The van der Waals surface area contributed by atoms with Gasteiger partial charge in [0.15, 0.2) is 0 Å². The third-order valence-electron chi connectivity index (χ3n) is 4.11. The van der Waals surface area contributed by atoms with E-state index in [9.17, 15) is 4.79 Å². The van der Waals surface area contributed by atoms with Crippen molar-refractivity contribution in [3.05, 3.63) is 106 Å². The molecule has 0 atom stereocenters. The minimum atomic E-state index is -0.0630. The molecule has 0 fully saturated rings. The van der Waals surface area contributed by atoms with Crippen LogP contribution in [-0.4, -0.2) is 14.1 Å². The molecule has 2 heterocycles. The quantitative estimate of drug-likeness (QED) is 0.471. The van der Waals surface area contributed by atoms with E-state index in [1.54, 1.807) is 23.3 Å². The monoisotopic (exact) mass is 421 g/mol. The maximum Gasteiger partial charge on any atom is 0.260 e. The molecule has 0 saturated carbocycles. The highest BCUT2D eigenvalue weighted by Gasteiger charge is 2.10. The zero-order valence-electron chi connectivity index (χ0n) is 14.3. The Labute approximate surface area is 164 Å². The van der Waals surface area contributed by atoms with Gasteiger partial charge >= 0.3 is 0 Å². The van der Waals surface area contributed by atoms with Crippen LogP contribution in [0.5, 0.6) is 11.6 Å². The van der Waals surface area contributed by atoms with Crippen LogP contribution < -0.4 is 10.3 Å². The molecular formula is C21H16BrN3O2. The number of halogens is 1. The summed E-state index contributed by atoms with van der Waals surface area (Å²) in [5.41, 5.74) is 1.42. The molecule has 5 nitrogen and oxygen atoms in total. The summed E-state index contributed by atoms with van der Waals surface area (Å²) in [6.45, 7) is 0.373. The van der Waals surface area contributed by atoms with Gasteiger partial charge in [-0.2, -0.15) is 0 Å². The summed E-state index contributed by atoms with van der Waals surface area (Å²) in [5.74, 6) is 1.28. The third kappa shape index (κ3) is 3.85. The maximum absolute atomic E-state index is 12.9. The van der Waals surface area contributed by atoms with Crippen molar-refractivity contribution in [2.75, 3.05) is 0 Å². The van der Waals surface area contributed by atoms with Gasteiger partial charge in [-0.3, -0.25) is 13.9 Å². The SMILES string of the molecule is O=c1c(Cn2cncc2Oc2ccc(Br)cc2)cccn1-c1ccccc1. The number of pyridine rings is 1. The predicted molar refractivity (Wildman–Crippen MR) is 108 cm³/mol. The lowest BCUT2D eigenvalue weighted by Crippen LogP contribution is -2.22. The number of benzene rings is 2. The van der Waals surface area contributed by atoms with E-state index in [1.807, 2.05) is 71.3 Å². The first-order valence-corrected chi connectivity index (χ1v) is 9.19. The van der Waals surface area contributed by atoms with Gasteiger partial charge in [-0.05, 0) is 42.5 Å². The fourth-order valence-corrected chi connectivity index (χ4v) is 3.03. The lowest BCUT2D eigenvalue weighted by molar-refractivity contribution is 0.435. The summed E-state index contributed by atoms with van der Waals surface area (Å²) in [5, 5.41) is 0. The lowest BCUT2D eigenvalue weighted by Gasteiger charge is -2.11. The second-order valence-electron chi connectivity index (χ2n) is 5.96. The number of ether oxygens (including phenoxy) is 1. The molecule has 0 saturated heterocycles. The zero-order valence-corrected chi connectivity index (χ0v) is 15.9. The molecule has 134 valence electrons. The first kappa shape index (κ1) is 17.3. The molecule has 0 bridgehead atoms. The predicted octanol–water partition coefficient (Wildman–Crippen LogP) is 4.64. The van der Waals surface area contributed by atoms with E-state index < -0.39 is 0 Å². The molecule has 6 heteroatoms. The topological polar surface area (TPSA) is 49.1 Å². The molecule has 0 unspecified atom stereocenters. The van der Waals surface area contributed by atoms with Crippen LogP contribution in [-0.2, 0) is 6.54 Å². The van der Waals surface area contributed by atoms with Crippen LogP contribution in [0.15, 0.2) is 94.7 Å². The third-order valence-corrected chi connectivity index (χ3v) is 4.64. The summed E-state index contributed by atoms with van der Waals surface area (Å²) >= 11 is 3.41. The Morgan fingerprint density at radius 3 is 2.52 bits per heavy atom. The molecule has 0 aliphatic carbocycles. The minimum Gasteiger partial charge on any atom is -0.439 e. The standard InChI is InChI=1S/C21H16BrN3O2/c22-17-8-10-19(11-9-17)27-20-13-23-15-24(20)14-16-5-4-12-25(21(16)26)18-6-2-1-3-7-18/h1-13,15H,14H2. The molecule has 0 N–H and O–H groups in total. The van der Waals surface area contributed by atoms with Crippen molar-refractivity contribution >= 4 is 15.9 Å². The number of nitrogens with zero attached hydrogens (tertiary/aromatic N) is 3. The van der Waals surface area contributed by atoms with Crippen LogP contribution in [0.25, 0.3) is 5.69 Å². The van der Waals surface area contributed by atoms with Gasteiger partial charge < -0.3 is 4.74 Å². The van der Waals surface area contributed by atoms with Crippen LogP contribution in [0, 0.1) is 0 Å². The summed E-state index contributed by atoms with van der Waals surface area (Å²) in [6.07, 6.45) is 5.07. The van der Waals surface area contributed by atoms with E-state index in [1.165, 1.54) is 0 Å². The first-order valence-electron chi connectivity index (χ1n) is 8.40. The average molecular weight is 422 g/mol. The summed E-state index contributed by atoms with van der Waals surface area (Å²) in [7, 11) is 0. The highest BCUT2D eigenvalue weighted by Crippen LogP contribution is 2.23. The van der Waals surface area contributed by atoms with Crippen LogP contribution in [0.1, 0.15) is 5.56 Å². The van der Waals surface area contributed by atoms with Crippen molar-refractivity contribution in [2.45, 2.75) is 6.54 Å². The van der Waals surface area contributed by atoms with Crippen molar-refractivity contribution in [3.63, 3.8) is 0 Å². The Kier molecular flexibility index (Phi) is 4.89. The molecule has 0 spiro atoms. The molecule has 2 aromatic carbocycles. The second-order valence-corrected chi connectivity index (χ2v) is 6.88. The lowest BCUT2D eigenvalue weighted by atomic mass is 10.2. The van der Waals surface area contributed by atoms with Crippen molar-refractivity contribution in [1.29, 1.82) is 0 Å². The number of hydrogen-bond acceptors (Lipinski definition) is 3. The fraction of sp³-hybridized carbons (Fsp3) is 0.0476. The van der Waals surface area contributed by atoms with Gasteiger partial charge in [0.05, 0.1) is 19.1 Å². The molecular weight excluding hydrogens is 406 g/mol. The highest BCUT2D eigenvalue weighted by molar-refractivity contribution is 9.10. The van der Waals surface area contributed by atoms with Gasteiger partial charge in [-0.25, -0.2) is 4.98 Å². The Morgan fingerprint density at radius 2 is 1.74 bits per heavy atom. The summed E-state index contributed by atoms with van der Waals surface area (Å²) in [4.78, 5) is 17.0. The van der Waals surface area contributed by atoms with Crippen LogP contribution in [0.3, 0.4) is 0 Å². The molecule has 4 aromatic rings. The van der Waals surface area contributed by atoms with Gasteiger partial charge in [0, 0.05) is 21.9 Å². The van der Waals surface area contributed by atoms with Crippen molar-refractivity contribution in [2.24, 2.45) is 0 Å². The van der Waals surface area contributed by atoms with E-state index in [0.29, 0.717) is 23.7 Å². The van der Waals surface area contributed by atoms with E-state index in [2.05, 4.69) is 20.9 Å². The fourth-order valence-electron chi connectivity index (χ4n) is 2.77. The van der Waals surface area contributed by atoms with Gasteiger partial charge in [0.1, 0.15) is 5.75 Å². The number of imidazole rings is 1. The second kappa shape index (κ2) is 7.63. The van der Waals surface area contributed by atoms with E-state index in [0.717, 1.165) is 10.2 Å². The normalized spacial score (nSPS) is 10.7.